The highest BCUT2D eigenvalue weighted by atomic mass is 15.2. The predicted octanol–water partition coefficient (Wildman–Crippen LogP) is 2.70. The van der Waals surface area contributed by atoms with Gasteiger partial charge in [0.15, 0.2) is 0 Å². The Hall–Kier alpha value is -1.24. The lowest BCUT2D eigenvalue weighted by Gasteiger charge is -2.17. The summed E-state index contributed by atoms with van der Waals surface area (Å²) in [7, 11) is 0. The third-order valence-electron chi connectivity index (χ3n) is 2.71. The van der Waals surface area contributed by atoms with Crippen molar-refractivity contribution in [2.45, 2.75) is 6.92 Å². The molecule has 1 heteroatoms. The third kappa shape index (κ3) is 1.59. The molecule has 1 aliphatic rings. The lowest BCUT2D eigenvalue weighted by molar-refractivity contribution is 0.759. The van der Waals surface area contributed by atoms with E-state index in [1.807, 2.05) is 0 Å². The van der Waals surface area contributed by atoms with E-state index in [1.165, 1.54) is 11.3 Å². The molecule has 0 bridgehead atoms. The second-order valence-electron chi connectivity index (χ2n) is 3.78. The van der Waals surface area contributed by atoms with E-state index in [0.29, 0.717) is 5.92 Å². The molecule has 1 atom stereocenters. The number of benzene rings is 1. The van der Waals surface area contributed by atoms with Crippen LogP contribution in [0, 0.1) is 5.92 Å². The minimum Gasteiger partial charge on any atom is -0.367 e. The van der Waals surface area contributed by atoms with Crippen molar-refractivity contribution >= 4 is 5.69 Å². The summed E-state index contributed by atoms with van der Waals surface area (Å²) in [5, 5.41) is 0. The zero-order valence-electron chi connectivity index (χ0n) is 8.03. The van der Waals surface area contributed by atoms with Crippen LogP contribution in [-0.4, -0.2) is 13.1 Å². The molecule has 2 rings (SSSR count). The Kier molecular flexibility index (Phi) is 2.09. The van der Waals surface area contributed by atoms with E-state index in [4.69, 9.17) is 0 Å². The number of nitrogens with zero attached hydrogens (tertiary/aromatic N) is 1. The molecular formula is C12H15N. The summed E-state index contributed by atoms with van der Waals surface area (Å²) < 4.78 is 0. The Labute approximate surface area is 79.7 Å². The molecule has 1 saturated heterocycles. The van der Waals surface area contributed by atoms with Crippen molar-refractivity contribution in [1.82, 2.24) is 0 Å². The Bertz CT molecular complexity index is 302. The first-order valence-electron chi connectivity index (χ1n) is 4.75. The van der Waals surface area contributed by atoms with E-state index in [2.05, 4.69) is 48.7 Å². The number of hydrogen-bond acceptors (Lipinski definition) is 1. The van der Waals surface area contributed by atoms with Gasteiger partial charge in [-0.25, -0.2) is 0 Å². The molecule has 0 aromatic heterocycles. The Morgan fingerprint density at radius 2 is 2.00 bits per heavy atom. The van der Waals surface area contributed by atoms with Crippen LogP contribution in [0.15, 0.2) is 42.5 Å². The van der Waals surface area contributed by atoms with Crippen LogP contribution < -0.4 is 4.90 Å². The van der Waals surface area contributed by atoms with Gasteiger partial charge in [0.25, 0.3) is 0 Å². The molecule has 1 fully saturated rings. The first-order chi connectivity index (χ1) is 6.27. The molecule has 1 heterocycles. The molecule has 0 spiro atoms. The van der Waals surface area contributed by atoms with Gasteiger partial charge < -0.3 is 4.90 Å². The number of para-hydroxylation sites is 1. The Morgan fingerprint density at radius 3 is 2.54 bits per heavy atom. The molecular weight excluding hydrogens is 158 g/mol. The van der Waals surface area contributed by atoms with Gasteiger partial charge >= 0.3 is 0 Å². The van der Waals surface area contributed by atoms with Crippen molar-refractivity contribution < 1.29 is 0 Å². The second kappa shape index (κ2) is 3.25. The van der Waals surface area contributed by atoms with E-state index < -0.39 is 0 Å². The van der Waals surface area contributed by atoms with Gasteiger partial charge in [0.2, 0.25) is 0 Å². The van der Waals surface area contributed by atoms with Crippen molar-refractivity contribution in [3.8, 4) is 0 Å². The third-order valence-corrected chi connectivity index (χ3v) is 2.71. The van der Waals surface area contributed by atoms with Crippen LogP contribution in [-0.2, 0) is 0 Å². The Morgan fingerprint density at radius 1 is 1.31 bits per heavy atom. The first-order valence-corrected chi connectivity index (χ1v) is 4.75. The van der Waals surface area contributed by atoms with E-state index in [1.54, 1.807) is 0 Å². The molecule has 0 amide bonds. The maximum absolute atomic E-state index is 4.07. The van der Waals surface area contributed by atoms with E-state index in [9.17, 15) is 0 Å². The van der Waals surface area contributed by atoms with Crippen molar-refractivity contribution in [3.05, 3.63) is 42.5 Å². The molecule has 0 radical (unpaired) electrons. The predicted molar refractivity (Wildman–Crippen MR) is 57.0 cm³/mol. The van der Waals surface area contributed by atoms with Gasteiger partial charge in [0.05, 0.1) is 0 Å². The van der Waals surface area contributed by atoms with Gasteiger partial charge in [-0.1, -0.05) is 37.3 Å². The average Bonchev–Trinajstić information content (AvgIpc) is 2.49. The van der Waals surface area contributed by atoms with E-state index in [0.717, 1.165) is 13.1 Å². The number of hydrogen-bond donors (Lipinski definition) is 0. The fourth-order valence-corrected chi connectivity index (χ4v) is 1.76. The van der Waals surface area contributed by atoms with Crippen molar-refractivity contribution in [2.75, 3.05) is 18.0 Å². The zero-order chi connectivity index (χ0) is 9.26. The summed E-state index contributed by atoms with van der Waals surface area (Å²) in [6.45, 7) is 8.44. The topological polar surface area (TPSA) is 3.24 Å². The zero-order valence-corrected chi connectivity index (χ0v) is 8.03. The maximum atomic E-state index is 4.07. The highest BCUT2D eigenvalue weighted by Crippen LogP contribution is 2.25. The summed E-state index contributed by atoms with van der Waals surface area (Å²) in [6, 6.07) is 10.5. The van der Waals surface area contributed by atoms with Crippen molar-refractivity contribution in [1.29, 1.82) is 0 Å². The molecule has 0 unspecified atom stereocenters. The smallest absolute Gasteiger partial charge is 0.0389 e. The summed E-state index contributed by atoms with van der Waals surface area (Å²) >= 11 is 0. The summed E-state index contributed by atoms with van der Waals surface area (Å²) in [4.78, 5) is 2.38. The van der Waals surface area contributed by atoms with Crippen LogP contribution >= 0.6 is 0 Å². The molecule has 0 aliphatic carbocycles. The van der Waals surface area contributed by atoms with Crippen LogP contribution in [0.2, 0.25) is 0 Å². The number of rotatable bonds is 1. The summed E-state index contributed by atoms with van der Waals surface area (Å²) in [6.07, 6.45) is 0. The molecule has 68 valence electrons. The van der Waals surface area contributed by atoms with Crippen LogP contribution in [0.5, 0.6) is 0 Å². The summed E-state index contributed by atoms with van der Waals surface area (Å²) in [5.41, 5.74) is 2.66. The monoisotopic (exact) mass is 173 g/mol. The van der Waals surface area contributed by atoms with Crippen molar-refractivity contribution in [2.24, 2.45) is 5.92 Å². The minimum absolute atomic E-state index is 0.639. The van der Waals surface area contributed by atoms with Gasteiger partial charge in [-0.2, -0.15) is 0 Å². The lowest BCUT2D eigenvalue weighted by atomic mass is 10.1. The van der Waals surface area contributed by atoms with Gasteiger partial charge in [0, 0.05) is 18.8 Å². The minimum atomic E-state index is 0.639. The van der Waals surface area contributed by atoms with Crippen molar-refractivity contribution in [3.63, 3.8) is 0 Å². The Balaban J connectivity index is 2.17. The SMILES string of the molecule is C=C1CN(c2ccccc2)C[C@@H]1C. The molecule has 1 aromatic carbocycles. The molecule has 1 nitrogen and oxygen atoms in total. The molecule has 1 aromatic rings. The molecule has 0 saturated carbocycles. The van der Waals surface area contributed by atoms with Gasteiger partial charge in [0.1, 0.15) is 0 Å². The van der Waals surface area contributed by atoms with Crippen LogP contribution in [0.4, 0.5) is 5.69 Å². The molecule has 13 heavy (non-hydrogen) atoms. The summed E-state index contributed by atoms with van der Waals surface area (Å²) in [5.74, 6) is 0.639. The van der Waals surface area contributed by atoms with Crippen LogP contribution in [0.25, 0.3) is 0 Å². The first kappa shape index (κ1) is 8.36. The van der Waals surface area contributed by atoms with Crippen LogP contribution in [0.1, 0.15) is 6.92 Å². The number of anilines is 1. The second-order valence-corrected chi connectivity index (χ2v) is 3.78. The molecule has 0 N–H and O–H groups in total. The van der Waals surface area contributed by atoms with E-state index >= 15 is 0 Å². The van der Waals surface area contributed by atoms with Crippen LogP contribution in [0.3, 0.4) is 0 Å². The molecule has 1 aliphatic heterocycles. The maximum Gasteiger partial charge on any atom is 0.0389 e. The lowest BCUT2D eigenvalue weighted by Crippen LogP contribution is -2.18. The van der Waals surface area contributed by atoms with Gasteiger partial charge in [-0.05, 0) is 18.1 Å². The highest BCUT2D eigenvalue weighted by molar-refractivity contribution is 5.49. The van der Waals surface area contributed by atoms with E-state index in [-0.39, 0.29) is 0 Å². The van der Waals surface area contributed by atoms with Gasteiger partial charge in [-0.15, -0.1) is 0 Å². The fourth-order valence-electron chi connectivity index (χ4n) is 1.76. The average molecular weight is 173 g/mol. The largest absolute Gasteiger partial charge is 0.367 e. The standard InChI is InChI=1S/C12H15N/c1-10-8-13(9-11(10)2)12-6-4-3-5-7-12/h3-7,11H,1,8-9H2,2H3/t11-/m0/s1. The highest BCUT2D eigenvalue weighted by Gasteiger charge is 2.21. The fraction of sp³-hybridized carbons (Fsp3) is 0.333. The quantitative estimate of drug-likeness (QED) is 0.590. The normalized spacial score (nSPS) is 22.4. The van der Waals surface area contributed by atoms with Gasteiger partial charge in [-0.3, -0.25) is 0 Å².